The van der Waals surface area contributed by atoms with Gasteiger partial charge in [0.1, 0.15) is 6.61 Å². The second-order valence-electron chi connectivity index (χ2n) is 8.06. The van der Waals surface area contributed by atoms with Crippen molar-refractivity contribution in [2.45, 2.75) is 110 Å². The summed E-state index contributed by atoms with van der Waals surface area (Å²) >= 11 is 0. The fourth-order valence-corrected chi connectivity index (χ4v) is 3.31. The van der Waals surface area contributed by atoms with Gasteiger partial charge >= 0.3 is 29.8 Å². The molecule has 0 bridgehead atoms. The molecule has 0 saturated carbocycles. The summed E-state index contributed by atoms with van der Waals surface area (Å²) in [6.45, 7) is 5.75. The smallest absolute Gasteiger partial charge is 0.305 e. The van der Waals surface area contributed by atoms with Crippen LogP contribution < -0.4 is 0 Å². The molecule has 0 rings (SSSR count). The van der Waals surface area contributed by atoms with Crippen molar-refractivity contribution in [3.63, 3.8) is 0 Å². The van der Waals surface area contributed by atoms with Gasteiger partial charge in [-0.25, -0.2) is 0 Å². The molecule has 0 aromatic carbocycles. The minimum atomic E-state index is -1.68. The van der Waals surface area contributed by atoms with Crippen LogP contribution in [0.1, 0.15) is 86.0 Å². The van der Waals surface area contributed by atoms with Crippen molar-refractivity contribution in [3.8, 4) is 0 Å². The molecule has 11 heteroatoms. The molecule has 0 aliphatic heterocycles. The quantitative estimate of drug-likeness (QED) is 0.118. The van der Waals surface area contributed by atoms with Gasteiger partial charge in [-0.3, -0.25) is 28.8 Å². The summed E-state index contributed by atoms with van der Waals surface area (Å²) in [7, 11) is 0. The van der Waals surface area contributed by atoms with E-state index in [1.165, 1.54) is 6.42 Å². The molecule has 11 nitrogen and oxygen atoms in total. The number of carbonyl (C=O) groups is 6. The molecule has 0 aliphatic carbocycles. The highest BCUT2D eigenvalue weighted by Gasteiger charge is 2.44. The van der Waals surface area contributed by atoms with Crippen molar-refractivity contribution in [2.75, 3.05) is 6.61 Å². The van der Waals surface area contributed by atoms with Crippen molar-refractivity contribution < 1.29 is 52.5 Å². The average Bonchev–Trinajstić information content (AvgIpc) is 2.76. The summed E-state index contributed by atoms with van der Waals surface area (Å²) in [6, 6.07) is 0. The standard InChI is InChI=1S/C24H38O11/c1-6-7-8-9-10-11-12-13-22(30)31-15-21(33-17(3)27)24(35-19(5)29)23(34-18(4)28)20(14-25)32-16(2)26/h14,20-21,23-24H,6-13,15H2,1-5H3/t20-,21+,23+,24+/m0/s1. The molecule has 4 atom stereocenters. The lowest BCUT2D eigenvalue weighted by Crippen LogP contribution is -2.53. The Morgan fingerprint density at radius 1 is 0.657 bits per heavy atom. The molecule has 0 saturated heterocycles. The first kappa shape index (κ1) is 32.0. The lowest BCUT2D eigenvalue weighted by molar-refractivity contribution is -0.201. The molecular formula is C24H38O11. The lowest BCUT2D eigenvalue weighted by Gasteiger charge is -2.33. The molecule has 0 radical (unpaired) electrons. The van der Waals surface area contributed by atoms with E-state index in [4.69, 9.17) is 23.7 Å². The third kappa shape index (κ3) is 15.5. The van der Waals surface area contributed by atoms with E-state index in [1.54, 1.807) is 0 Å². The highest BCUT2D eigenvalue weighted by atomic mass is 16.6. The summed E-state index contributed by atoms with van der Waals surface area (Å²) in [5, 5.41) is 0. The highest BCUT2D eigenvalue weighted by molar-refractivity contribution is 5.72. The van der Waals surface area contributed by atoms with E-state index in [2.05, 4.69) is 6.92 Å². The molecule has 0 spiro atoms. The van der Waals surface area contributed by atoms with Gasteiger partial charge in [0, 0.05) is 34.1 Å². The van der Waals surface area contributed by atoms with Gasteiger partial charge in [0.25, 0.3) is 0 Å². The van der Waals surface area contributed by atoms with Crippen molar-refractivity contribution in [1.29, 1.82) is 0 Å². The Bertz CT molecular complexity index is 704. The first-order chi connectivity index (χ1) is 16.5. The minimum Gasteiger partial charge on any atom is -0.462 e. The van der Waals surface area contributed by atoms with Crippen LogP contribution in [0.5, 0.6) is 0 Å². The van der Waals surface area contributed by atoms with Gasteiger partial charge in [-0.05, 0) is 6.42 Å². The van der Waals surface area contributed by atoms with Crippen LogP contribution in [0.25, 0.3) is 0 Å². The SMILES string of the molecule is CCCCCCCCCC(=O)OC[C@@H](OC(C)=O)[C@@H](OC(C)=O)[C@H](OC(C)=O)[C@H](C=O)OC(C)=O. The largest absolute Gasteiger partial charge is 0.462 e. The van der Waals surface area contributed by atoms with Crippen LogP contribution in [0, 0.1) is 0 Å². The van der Waals surface area contributed by atoms with Crippen LogP contribution in [-0.2, 0) is 52.5 Å². The molecule has 200 valence electrons. The van der Waals surface area contributed by atoms with E-state index < -0.39 is 60.9 Å². The molecule has 0 aliphatic rings. The number of aldehydes is 1. The van der Waals surface area contributed by atoms with E-state index >= 15 is 0 Å². The molecular weight excluding hydrogens is 464 g/mol. The maximum atomic E-state index is 12.2. The maximum Gasteiger partial charge on any atom is 0.305 e. The van der Waals surface area contributed by atoms with Gasteiger partial charge in [-0.1, -0.05) is 45.4 Å². The molecule has 0 unspecified atom stereocenters. The fraction of sp³-hybridized carbons (Fsp3) is 0.750. The highest BCUT2D eigenvalue weighted by Crippen LogP contribution is 2.20. The predicted molar refractivity (Wildman–Crippen MR) is 122 cm³/mol. The van der Waals surface area contributed by atoms with Crippen molar-refractivity contribution in [1.82, 2.24) is 0 Å². The van der Waals surface area contributed by atoms with E-state index in [1.807, 2.05) is 0 Å². The maximum absolute atomic E-state index is 12.2. The molecule has 35 heavy (non-hydrogen) atoms. The van der Waals surface area contributed by atoms with Gasteiger partial charge in [0.15, 0.2) is 30.7 Å². The normalized spacial score (nSPS) is 14.0. The molecule has 0 aromatic heterocycles. The second-order valence-corrected chi connectivity index (χ2v) is 8.06. The third-order valence-corrected chi connectivity index (χ3v) is 4.76. The van der Waals surface area contributed by atoms with Gasteiger partial charge in [0.05, 0.1) is 0 Å². The lowest BCUT2D eigenvalue weighted by atomic mass is 10.0. The van der Waals surface area contributed by atoms with E-state index in [0.717, 1.165) is 59.8 Å². The van der Waals surface area contributed by atoms with Crippen LogP contribution in [0.4, 0.5) is 0 Å². The zero-order valence-electron chi connectivity index (χ0n) is 21.2. The summed E-state index contributed by atoms with van der Waals surface area (Å²) < 4.78 is 25.5. The van der Waals surface area contributed by atoms with Crippen molar-refractivity contribution >= 4 is 36.1 Å². The van der Waals surface area contributed by atoms with E-state index in [9.17, 15) is 28.8 Å². The predicted octanol–water partition coefficient (Wildman–Crippen LogP) is 2.60. The van der Waals surface area contributed by atoms with Gasteiger partial charge in [-0.2, -0.15) is 0 Å². The van der Waals surface area contributed by atoms with Crippen LogP contribution in [-0.4, -0.2) is 67.2 Å². The third-order valence-electron chi connectivity index (χ3n) is 4.76. The van der Waals surface area contributed by atoms with Gasteiger partial charge in [0.2, 0.25) is 0 Å². The van der Waals surface area contributed by atoms with Crippen molar-refractivity contribution in [3.05, 3.63) is 0 Å². The summed E-state index contributed by atoms with van der Waals surface area (Å²) in [5.74, 6) is -4.00. The Hall–Kier alpha value is -2.98. The minimum absolute atomic E-state index is 0.136. The molecule has 0 fully saturated rings. The van der Waals surface area contributed by atoms with Gasteiger partial charge in [-0.15, -0.1) is 0 Å². The Morgan fingerprint density at radius 3 is 1.63 bits per heavy atom. The summed E-state index contributed by atoms with van der Waals surface area (Å²) in [5.41, 5.74) is 0. The Kier molecular flexibility index (Phi) is 16.8. The van der Waals surface area contributed by atoms with E-state index in [0.29, 0.717) is 6.42 Å². The van der Waals surface area contributed by atoms with Crippen molar-refractivity contribution in [2.24, 2.45) is 0 Å². The number of unbranched alkanes of at least 4 members (excludes halogenated alkanes) is 6. The molecule has 0 aromatic rings. The number of hydrogen-bond acceptors (Lipinski definition) is 11. The number of esters is 5. The topological polar surface area (TPSA) is 149 Å². The number of rotatable bonds is 18. The number of hydrogen-bond donors (Lipinski definition) is 0. The second kappa shape index (κ2) is 18.4. The van der Waals surface area contributed by atoms with E-state index in [-0.39, 0.29) is 12.7 Å². The van der Waals surface area contributed by atoms with Crippen LogP contribution >= 0.6 is 0 Å². The first-order valence-electron chi connectivity index (χ1n) is 11.8. The van der Waals surface area contributed by atoms with Gasteiger partial charge < -0.3 is 23.7 Å². The molecule has 0 heterocycles. The average molecular weight is 503 g/mol. The zero-order chi connectivity index (χ0) is 26.8. The Morgan fingerprint density at radius 2 is 1.14 bits per heavy atom. The van der Waals surface area contributed by atoms with Crippen LogP contribution in [0.3, 0.4) is 0 Å². The van der Waals surface area contributed by atoms with Crippen LogP contribution in [0.15, 0.2) is 0 Å². The summed E-state index contributed by atoms with van der Waals surface area (Å²) in [6.07, 6.45) is 0.984. The molecule has 0 N–H and O–H groups in total. The Labute approximate surface area is 206 Å². The first-order valence-corrected chi connectivity index (χ1v) is 11.8. The zero-order valence-corrected chi connectivity index (χ0v) is 21.2. The summed E-state index contributed by atoms with van der Waals surface area (Å²) in [4.78, 5) is 70.4. The Balaban J connectivity index is 5.45. The monoisotopic (exact) mass is 502 g/mol. The van der Waals surface area contributed by atoms with Crippen LogP contribution in [0.2, 0.25) is 0 Å². The molecule has 0 amide bonds. The fourth-order valence-electron chi connectivity index (χ4n) is 3.31. The number of ether oxygens (including phenoxy) is 5. The number of carbonyl (C=O) groups excluding carboxylic acids is 6.